The number of likely N-dealkylation sites (tertiary alicyclic amines) is 1. The van der Waals surface area contributed by atoms with Gasteiger partial charge in [0.2, 0.25) is 17.7 Å². The van der Waals surface area contributed by atoms with Crippen LogP contribution in [0.5, 0.6) is 0 Å². The Balaban J connectivity index is 1.50. The Morgan fingerprint density at radius 1 is 1.03 bits per heavy atom. The molecule has 2 fully saturated rings. The lowest BCUT2D eigenvalue weighted by atomic mass is 9.81. The molecule has 0 unspecified atom stereocenters. The monoisotopic (exact) mass is 400 g/mol. The third kappa shape index (κ3) is 4.70. The lowest BCUT2D eigenvalue weighted by Crippen LogP contribution is -2.37. The predicted molar refractivity (Wildman–Crippen MR) is 103 cm³/mol. The number of Topliss-reactive ketones (excluding diaryl/α,β-unsaturated/α-hetero) is 1. The minimum Gasteiger partial charge on any atom is -0.456 e. The van der Waals surface area contributed by atoms with Gasteiger partial charge in [-0.2, -0.15) is 0 Å². The maximum atomic E-state index is 12.4. The normalized spacial score (nSPS) is 20.9. The smallest absolute Gasteiger partial charge is 0.326 e. The fourth-order valence-corrected chi connectivity index (χ4v) is 3.78. The van der Waals surface area contributed by atoms with Crippen molar-refractivity contribution in [2.24, 2.45) is 11.8 Å². The average Bonchev–Trinajstić information content (AvgIpc) is 2.97. The van der Waals surface area contributed by atoms with E-state index in [9.17, 15) is 24.0 Å². The number of rotatable bonds is 7. The van der Waals surface area contributed by atoms with Gasteiger partial charge in [-0.1, -0.05) is 19.8 Å². The van der Waals surface area contributed by atoms with Crippen LogP contribution >= 0.6 is 0 Å². The van der Waals surface area contributed by atoms with E-state index in [4.69, 9.17) is 4.74 Å². The highest BCUT2D eigenvalue weighted by atomic mass is 16.5. The molecule has 1 heterocycles. The average molecular weight is 400 g/mol. The molecule has 8 heteroatoms. The molecule has 8 nitrogen and oxygen atoms in total. The number of benzene rings is 1. The van der Waals surface area contributed by atoms with Gasteiger partial charge < -0.3 is 10.1 Å². The minimum atomic E-state index is -0.787. The van der Waals surface area contributed by atoms with Gasteiger partial charge in [0.15, 0.2) is 12.4 Å². The van der Waals surface area contributed by atoms with E-state index in [-0.39, 0.29) is 29.6 Å². The van der Waals surface area contributed by atoms with Crippen molar-refractivity contribution in [1.29, 1.82) is 0 Å². The van der Waals surface area contributed by atoms with Gasteiger partial charge in [0.1, 0.15) is 6.54 Å². The number of hydrogen-bond acceptors (Lipinski definition) is 6. The summed E-state index contributed by atoms with van der Waals surface area (Å²) in [6.07, 6.45) is 3.52. The fourth-order valence-electron chi connectivity index (χ4n) is 3.78. The molecule has 29 heavy (non-hydrogen) atoms. The molecule has 2 atom stereocenters. The van der Waals surface area contributed by atoms with Gasteiger partial charge in [0.25, 0.3) is 0 Å². The highest BCUT2D eigenvalue weighted by Gasteiger charge is 2.48. The summed E-state index contributed by atoms with van der Waals surface area (Å²) in [5, 5.41) is 2.67. The molecule has 0 aromatic heterocycles. The lowest BCUT2D eigenvalue weighted by molar-refractivity contribution is -0.152. The number of fused-ring (bicyclic) bond motifs is 1. The number of imide groups is 1. The predicted octanol–water partition coefficient (Wildman–Crippen LogP) is 1.94. The molecule has 0 radical (unpaired) electrons. The van der Waals surface area contributed by atoms with E-state index in [1.807, 2.05) is 0 Å². The van der Waals surface area contributed by atoms with Crippen molar-refractivity contribution in [3.8, 4) is 0 Å². The second-order valence-electron chi connectivity index (χ2n) is 7.32. The maximum Gasteiger partial charge on any atom is 0.326 e. The van der Waals surface area contributed by atoms with E-state index in [1.165, 1.54) is 12.1 Å². The fraction of sp³-hybridized carbons (Fsp3) is 0.476. The van der Waals surface area contributed by atoms with E-state index < -0.39 is 24.9 Å². The molecule has 154 valence electrons. The van der Waals surface area contributed by atoms with Crippen molar-refractivity contribution in [2.75, 3.05) is 18.5 Å². The number of hydrogen-bond donors (Lipinski definition) is 1. The Bertz CT molecular complexity index is 808. The van der Waals surface area contributed by atoms with Crippen LogP contribution < -0.4 is 5.32 Å². The van der Waals surface area contributed by atoms with E-state index in [2.05, 4.69) is 5.32 Å². The van der Waals surface area contributed by atoms with Crippen molar-refractivity contribution in [3.05, 3.63) is 29.8 Å². The van der Waals surface area contributed by atoms with Crippen LogP contribution in [0, 0.1) is 11.8 Å². The van der Waals surface area contributed by atoms with Crippen LogP contribution in [0.15, 0.2) is 24.3 Å². The first-order valence-electron chi connectivity index (χ1n) is 9.84. The highest BCUT2D eigenvalue weighted by Crippen LogP contribution is 2.37. The summed E-state index contributed by atoms with van der Waals surface area (Å²) >= 11 is 0. The van der Waals surface area contributed by atoms with Gasteiger partial charge in [-0.3, -0.25) is 28.9 Å². The van der Waals surface area contributed by atoms with E-state index in [1.54, 1.807) is 19.1 Å². The van der Waals surface area contributed by atoms with Gasteiger partial charge >= 0.3 is 5.97 Å². The third-order valence-corrected chi connectivity index (χ3v) is 5.40. The van der Waals surface area contributed by atoms with Crippen molar-refractivity contribution >= 4 is 35.2 Å². The molecule has 1 aliphatic heterocycles. The quantitative estimate of drug-likeness (QED) is 0.425. The summed E-state index contributed by atoms with van der Waals surface area (Å²) in [4.78, 5) is 61.4. The summed E-state index contributed by atoms with van der Waals surface area (Å²) in [5.41, 5.74) is 0.893. The Labute approximate surface area is 168 Å². The molecule has 1 N–H and O–H groups in total. The van der Waals surface area contributed by atoms with Crippen LogP contribution in [0.1, 0.15) is 49.4 Å². The molecular weight excluding hydrogens is 376 g/mol. The highest BCUT2D eigenvalue weighted by molar-refractivity contribution is 6.07. The topological polar surface area (TPSA) is 110 Å². The third-order valence-electron chi connectivity index (χ3n) is 5.40. The van der Waals surface area contributed by atoms with Crippen molar-refractivity contribution < 1.29 is 28.7 Å². The summed E-state index contributed by atoms with van der Waals surface area (Å²) in [6.45, 7) is 0.793. The number of ketones is 1. The van der Waals surface area contributed by atoms with Gasteiger partial charge in [-0.15, -0.1) is 0 Å². The minimum absolute atomic E-state index is 0.135. The zero-order valence-corrected chi connectivity index (χ0v) is 16.3. The number of amides is 3. The summed E-state index contributed by atoms with van der Waals surface area (Å²) in [5.74, 6) is -2.61. The molecule has 1 saturated carbocycles. The molecule has 0 spiro atoms. The van der Waals surface area contributed by atoms with Gasteiger partial charge in [0.05, 0.1) is 11.8 Å². The van der Waals surface area contributed by atoms with Crippen LogP contribution in [0.4, 0.5) is 5.69 Å². The number of nitrogens with zero attached hydrogens (tertiary/aromatic N) is 1. The first-order valence-corrected chi connectivity index (χ1v) is 9.84. The number of ether oxygens (including phenoxy) is 1. The van der Waals surface area contributed by atoms with E-state index >= 15 is 0 Å². The molecule has 1 aliphatic carbocycles. The Morgan fingerprint density at radius 2 is 1.62 bits per heavy atom. The zero-order chi connectivity index (χ0) is 21.0. The molecule has 3 amide bonds. The first kappa shape index (κ1) is 20.7. The summed E-state index contributed by atoms with van der Waals surface area (Å²) in [7, 11) is 0. The van der Waals surface area contributed by atoms with Crippen LogP contribution in [-0.2, 0) is 23.9 Å². The molecular formula is C21H24N2O6. The van der Waals surface area contributed by atoms with Crippen molar-refractivity contribution in [2.45, 2.75) is 39.0 Å². The Kier molecular flexibility index (Phi) is 6.41. The largest absolute Gasteiger partial charge is 0.456 e. The van der Waals surface area contributed by atoms with E-state index in [0.717, 1.165) is 17.7 Å². The zero-order valence-electron chi connectivity index (χ0n) is 16.3. The van der Waals surface area contributed by atoms with Crippen LogP contribution in [-0.4, -0.2) is 47.5 Å². The van der Waals surface area contributed by atoms with Gasteiger partial charge in [-0.05, 0) is 37.1 Å². The molecule has 1 saturated heterocycles. The molecule has 0 bridgehead atoms. The van der Waals surface area contributed by atoms with Crippen molar-refractivity contribution in [3.63, 3.8) is 0 Å². The van der Waals surface area contributed by atoms with Crippen LogP contribution in [0.3, 0.4) is 0 Å². The number of nitrogens with one attached hydrogen (secondary N) is 1. The number of carbonyl (C=O) groups is 5. The van der Waals surface area contributed by atoms with Crippen LogP contribution in [0.25, 0.3) is 0 Å². The van der Waals surface area contributed by atoms with Gasteiger partial charge in [-0.25, -0.2) is 0 Å². The maximum absolute atomic E-state index is 12.4. The molecule has 2 aliphatic rings. The Morgan fingerprint density at radius 3 is 2.17 bits per heavy atom. The van der Waals surface area contributed by atoms with E-state index in [0.29, 0.717) is 30.5 Å². The summed E-state index contributed by atoms with van der Waals surface area (Å²) < 4.78 is 4.98. The summed E-state index contributed by atoms with van der Waals surface area (Å²) in [6, 6.07) is 6.23. The SMILES string of the molecule is CCC(=O)Nc1ccc(C(=O)COC(=O)CN2C(=O)[C@@H]3CCCC[C@H]3C2=O)cc1. The second kappa shape index (κ2) is 8.98. The molecule has 1 aromatic rings. The first-order chi connectivity index (χ1) is 13.9. The van der Waals surface area contributed by atoms with Gasteiger partial charge in [0, 0.05) is 17.7 Å². The standard InChI is InChI=1S/C21H24N2O6/c1-2-18(25)22-14-9-7-13(8-10-14)17(24)12-29-19(26)11-23-20(27)15-5-3-4-6-16(15)21(23)28/h7-10,15-16H,2-6,11-12H2,1H3,(H,22,25)/t15-,16-/m1/s1. The molecule has 3 rings (SSSR count). The Hall–Kier alpha value is -3.03. The molecule has 1 aromatic carbocycles. The number of carbonyl (C=O) groups excluding carboxylic acids is 5. The van der Waals surface area contributed by atoms with Crippen LogP contribution in [0.2, 0.25) is 0 Å². The number of esters is 1. The lowest BCUT2D eigenvalue weighted by Gasteiger charge is -2.19. The second-order valence-corrected chi connectivity index (χ2v) is 7.32. The number of anilines is 1. The van der Waals surface area contributed by atoms with Crippen molar-refractivity contribution in [1.82, 2.24) is 4.90 Å².